The Bertz CT molecular complexity index is 494. The Balaban J connectivity index is 2.90. The minimum atomic E-state index is -0.585. The quantitative estimate of drug-likeness (QED) is 0.334. The Morgan fingerprint density at radius 3 is 2.89 bits per heavy atom. The Labute approximate surface area is 118 Å². The van der Waals surface area contributed by atoms with Crippen LogP contribution in [0, 0.1) is 5.82 Å². The molecule has 0 aromatic heterocycles. The van der Waals surface area contributed by atoms with Crippen LogP contribution in [0.15, 0.2) is 27.8 Å². The fraction of sp³-hybridized carbons (Fsp3) is 0.333. The Morgan fingerprint density at radius 2 is 2.32 bits per heavy atom. The molecular formula is C12H15BrFN3O2. The number of nitrogens with zero attached hydrogens (tertiary/aromatic N) is 1. The fourth-order valence-corrected chi connectivity index (χ4v) is 1.99. The van der Waals surface area contributed by atoms with Crippen LogP contribution in [0.4, 0.5) is 4.39 Å². The highest BCUT2D eigenvalue weighted by atomic mass is 79.9. The van der Waals surface area contributed by atoms with E-state index in [1.807, 2.05) is 6.92 Å². The number of benzene rings is 1. The molecule has 1 aromatic rings. The lowest BCUT2D eigenvalue weighted by atomic mass is 10.1. The summed E-state index contributed by atoms with van der Waals surface area (Å²) in [5.74, 6) is -1.08. The molecule has 104 valence electrons. The van der Waals surface area contributed by atoms with Gasteiger partial charge in [0, 0.05) is 4.47 Å². The first-order valence-electron chi connectivity index (χ1n) is 5.73. The third-order valence-corrected chi connectivity index (χ3v) is 3.22. The molecule has 1 unspecified atom stereocenters. The number of carbonyl (C=O) groups excluding carboxylic acids is 1. The minimum absolute atomic E-state index is 0.0808. The Morgan fingerprint density at radius 1 is 1.63 bits per heavy atom. The number of hydrogen-bond donors (Lipinski definition) is 3. The molecule has 0 aliphatic carbocycles. The molecule has 19 heavy (non-hydrogen) atoms. The van der Waals surface area contributed by atoms with Crippen molar-refractivity contribution >= 4 is 27.7 Å². The van der Waals surface area contributed by atoms with Crippen LogP contribution in [0.2, 0.25) is 0 Å². The van der Waals surface area contributed by atoms with E-state index >= 15 is 0 Å². The number of hydrogen-bond acceptors (Lipinski definition) is 3. The van der Waals surface area contributed by atoms with E-state index in [9.17, 15) is 9.18 Å². The van der Waals surface area contributed by atoms with E-state index in [-0.39, 0.29) is 11.4 Å². The molecule has 1 atom stereocenters. The molecule has 0 aliphatic heterocycles. The topological polar surface area (TPSA) is 87.7 Å². The van der Waals surface area contributed by atoms with Gasteiger partial charge in [-0.15, -0.1) is 0 Å². The molecule has 0 aliphatic rings. The molecular weight excluding hydrogens is 317 g/mol. The van der Waals surface area contributed by atoms with Crippen LogP contribution in [0.5, 0.6) is 0 Å². The van der Waals surface area contributed by atoms with Gasteiger partial charge < -0.3 is 16.3 Å². The molecule has 0 heterocycles. The largest absolute Gasteiger partial charge is 0.409 e. The number of nitrogens with two attached hydrogens (primary N) is 1. The van der Waals surface area contributed by atoms with Crippen molar-refractivity contribution in [2.24, 2.45) is 10.9 Å². The normalized spacial score (nSPS) is 13.1. The van der Waals surface area contributed by atoms with Gasteiger partial charge >= 0.3 is 0 Å². The van der Waals surface area contributed by atoms with Gasteiger partial charge in [-0.25, -0.2) is 4.39 Å². The summed E-state index contributed by atoms with van der Waals surface area (Å²) in [5, 5.41) is 14.1. The van der Waals surface area contributed by atoms with Gasteiger partial charge in [-0.1, -0.05) is 18.5 Å². The zero-order valence-electron chi connectivity index (χ0n) is 10.4. The number of amidine groups is 1. The first-order chi connectivity index (χ1) is 8.99. The number of halogens is 2. The summed E-state index contributed by atoms with van der Waals surface area (Å²) in [4.78, 5) is 12.0. The van der Waals surface area contributed by atoms with E-state index < -0.39 is 17.8 Å². The van der Waals surface area contributed by atoms with Crippen molar-refractivity contribution < 1.29 is 14.4 Å². The van der Waals surface area contributed by atoms with Crippen molar-refractivity contribution in [3.05, 3.63) is 34.1 Å². The van der Waals surface area contributed by atoms with Gasteiger partial charge in [0.2, 0.25) is 0 Å². The molecule has 0 saturated heterocycles. The van der Waals surface area contributed by atoms with Crippen molar-refractivity contribution in [3.63, 3.8) is 0 Å². The molecule has 0 bridgehead atoms. The van der Waals surface area contributed by atoms with Gasteiger partial charge in [-0.2, -0.15) is 0 Å². The van der Waals surface area contributed by atoms with Crippen molar-refractivity contribution in [2.75, 3.05) is 0 Å². The lowest BCUT2D eigenvalue weighted by Crippen LogP contribution is -2.44. The average molecular weight is 332 g/mol. The summed E-state index contributed by atoms with van der Waals surface area (Å²) in [6, 6.07) is 3.23. The second kappa shape index (κ2) is 7.08. The summed E-state index contributed by atoms with van der Waals surface area (Å²) >= 11 is 3.18. The molecule has 1 rings (SSSR count). The number of rotatable bonds is 5. The van der Waals surface area contributed by atoms with Gasteiger partial charge in [0.05, 0.1) is 11.6 Å². The third kappa shape index (κ3) is 4.20. The van der Waals surface area contributed by atoms with E-state index in [1.54, 1.807) is 0 Å². The van der Waals surface area contributed by atoms with Gasteiger partial charge in [0.1, 0.15) is 5.82 Å². The van der Waals surface area contributed by atoms with E-state index in [0.717, 1.165) is 12.5 Å². The standard InChI is InChI=1S/C12H15BrFN3O2/c1-2-3-10(11(15)17-19)16-12(18)8-6-7(14)4-5-9(8)13/h4-6,10,19H,2-3H2,1H3,(H2,15,17)(H,16,18). The average Bonchev–Trinajstić information content (AvgIpc) is 2.40. The van der Waals surface area contributed by atoms with Crippen LogP contribution in [0.25, 0.3) is 0 Å². The molecule has 0 spiro atoms. The van der Waals surface area contributed by atoms with Gasteiger partial charge in [0.15, 0.2) is 5.84 Å². The first kappa shape index (κ1) is 15.4. The molecule has 7 heteroatoms. The Kier molecular flexibility index (Phi) is 5.75. The van der Waals surface area contributed by atoms with Gasteiger partial charge in [0.25, 0.3) is 5.91 Å². The van der Waals surface area contributed by atoms with Crippen LogP contribution in [0.3, 0.4) is 0 Å². The maximum absolute atomic E-state index is 13.1. The van der Waals surface area contributed by atoms with Crippen molar-refractivity contribution in [3.8, 4) is 0 Å². The lowest BCUT2D eigenvalue weighted by molar-refractivity contribution is 0.0943. The molecule has 5 nitrogen and oxygen atoms in total. The monoisotopic (exact) mass is 331 g/mol. The SMILES string of the molecule is CCCC(NC(=O)c1cc(F)ccc1Br)/C(N)=N/O. The van der Waals surface area contributed by atoms with E-state index in [4.69, 9.17) is 10.9 Å². The predicted octanol–water partition coefficient (Wildman–Crippen LogP) is 2.23. The predicted molar refractivity (Wildman–Crippen MR) is 73.7 cm³/mol. The van der Waals surface area contributed by atoms with E-state index in [0.29, 0.717) is 10.9 Å². The number of nitrogens with one attached hydrogen (secondary N) is 1. The van der Waals surface area contributed by atoms with Crippen LogP contribution in [-0.2, 0) is 0 Å². The highest BCUT2D eigenvalue weighted by molar-refractivity contribution is 9.10. The smallest absolute Gasteiger partial charge is 0.253 e. The maximum atomic E-state index is 13.1. The molecule has 0 radical (unpaired) electrons. The third-order valence-electron chi connectivity index (χ3n) is 2.53. The zero-order chi connectivity index (χ0) is 14.4. The van der Waals surface area contributed by atoms with E-state index in [2.05, 4.69) is 26.4 Å². The summed E-state index contributed by atoms with van der Waals surface area (Å²) in [6.07, 6.45) is 1.26. The van der Waals surface area contributed by atoms with Crippen LogP contribution >= 0.6 is 15.9 Å². The summed E-state index contributed by atoms with van der Waals surface area (Å²) in [7, 11) is 0. The van der Waals surface area contributed by atoms with Gasteiger partial charge in [-0.3, -0.25) is 4.79 Å². The zero-order valence-corrected chi connectivity index (χ0v) is 11.9. The van der Waals surface area contributed by atoms with Crippen molar-refractivity contribution in [1.29, 1.82) is 0 Å². The van der Waals surface area contributed by atoms with Gasteiger partial charge in [-0.05, 0) is 40.5 Å². The molecule has 4 N–H and O–H groups in total. The van der Waals surface area contributed by atoms with Crippen LogP contribution in [0.1, 0.15) is 30.1 Å². The van der Waals surface area contributed by atoms with E-state index in [1.165, 1.54) is 12.1 Å². The number of amides is 1. The van der Waals surface area contributed by atoms with Crippen LogP contribution in [-0.4, -0.2) is 23.0 Å². The first-order valence-corrected chi connectivity index (χ1v) is 6.52. The number of oxime groups is 1. The second-order valence-corrected chi connectivity index (χ2v) is 4.82. The minimum Gasteiger partial charge on any atom is -0.409 e. The molecule has 0 fully saturated rings. The lowest BCUT2D eigenvalue weighted by Gasteiger charge is -2.17. The maximum Gasteiger partial charge on any atom is 0.253 e. The molecule has 1 aromatic carbocycles. The summed E-state index contributed by atoms with van der Waals surface area (Å²) in [5.41, 5.74) is 5.66. The highest BCUT2D eigenvalue weighted by Gasteiger charge is 2.19. The van der Waals surface area contributed by atoms with Crippen molar-refractivity contribution in [2.45, 2.75) is 25.8 Å². The molecule has 1 amide bonds. The molecule has 0 saturated carbocycles. The highest BCUT2D eigenvalue weighted by Crippen LogP contribution is 2.18. The fourth-order valence-electron chi connectivity index (χ4n) is 1.56. The van der Waals surface area contributed by atoms with Crippen LogP contribution < -0.4 is 11.1 Å². The summed E-state index contributed by atoms with van der Waals surface area (Å²) < 4.78 is 13.6. The Hall–Kier alpha value is -1.63. The summed E-state index contributed by atoms with van der Waals surface area (Å²) in [6.45, 7) is 1.90. The second-order valence-electron chi connectivity index (χ2n) is 3.96. The van der Waals surface area contributed by atoms with Crippen molar-refractivity contribution in [1.82, 2.24) is 5.32 Å². The number of carbonyl (C=O) groups is 1.